The van der Waals surface area contributed by atoms with Gasteiger partial charge in [-0.2, -0.15) is 0 Å². The van der Waals surface area contributed by atoms with Crippen molar-refractivity contribution in [3.63, 3.8) is 0 Å². The lowest BCUT2D eigenvalue weighted by atomic mass is 9.57. The Morgan fingerprint density at radius 3 is 2.13 bits per heavy atom. The molecule has 1 aromatic carbocycles. The third-order valence-corrected chi connectivity index (χ3v) is 7.36. The minimum atomic E-state index is -2.59. The van der Waals surface area contributed by atoms with Gasteiger partial charge < -0.3 is 15.4 Å². The smallest absolute Gasteiger partial charge is 0.407 e. The number of halogens is 2. The minimum absolute atomic E-state index is 0.0117. The molecule has 5 rings (SSSR count). The summed E-state index contributed by atoms with van der Waals surface area (Å²) < 4.78 is 32.1. The molecule has 0 radical (unpaired) electrons. The first kappa shape index (κ1) is 21.1. The molecule has 0 aliphatic heterocycles. The lowest BCUT2D eigenvalue weighted by Gasteiger charge is -2.52. The molecule has 4 fully saturated rings. The summed E-state index contributed by atoms with van der Waals surface area (Å²) in [7, 11) is 0. The van der Waals surface area contributed by atoms with E-state index in [0.29, 0.717) is 32.1 Å². The van der Waals surface area contributed by atoms with Gasteiger partial charge in [-0.05, 0) is 56.9 Å². The highest BCUT2D eigenvalue weighted by Crippen LogP contribution is 2.52. The molecular weight excluding hydrogens is 390 g/mol. The van der Waals surface area contributed by atoms with Gasteiger partial charge in [0.2, 0.25) is 11.8 Å². The van der Waals surface area contributed by atoms with Crippen LogP contribution < -0.4 is 10.6 Å². The van der Waals surface area contributed by atoms with Crippen LogP contribution in [0.25, 0.3) is 0 Å². The number of carbonyl (C=O) groups excluding carboxylic acids is 2. The Bertz CT molecular complexity index is 749. The second kappa shape index (κ2) is 8.16. The molecule has 2 N–H and O–H groups in total. The fourth-order valence-corrected chi connectivity index (χ4v) is 5.21. The number of rotatable bonds is 5. The normalized spacial score (nSPS) is 30.5. The first-order valence-electron chi connectivity index (χ1n) is 11.0. The molecule has 4 aliphatic carbocycles. The summed E-state index contributed by atoms with van der Waals surface area (Å²) in [6, 6.07) is 9.40. The molecule has 0 spiro atoms. The van der Waals surface area contributed by atoms with Crippen molar-refractivity contribution in [3.05, 3.63) is 35.9 Å². The van der Waals surface area contributed by atoms with Gasteiger partial charge in [0.15, 0.2) is 0 Å². The molecule has 4 saturated carbocycles. The summed E-state index contributed by atoms with van der Waals surface area (Å²) in [4.78, 5) is 25.3. The molecule has 164 valence electrons. The average molecular weight is 421 g/mol. The summed E-state index contributed by atoms with van der Waals surface area (Å²) in [6.45, 7) is 0.232. The van der Waals surface area contributed by atoms with E-state index in [1.165, 1.54) is 0 Å². The standard InChI is InChI=1S/C23H30F2N2O3/c24-23(25)8-6-18(7-9-23)26-19(28)21-10-13-22(14-11-21,15-12-21)27-20(29)30-16-17-4-2-1-3-5-17/h1-5,18H,6-16H2,(H,26,28)(H,27,29). The largest absolute Gasteiger partial charge is 0.445 e. The van der Waals surface area contributed by atoms with E-state index in [0.717, 1.165) is 24.8 Å². The predicted octanol–water partition coefficient (Wildman–Crippen LogP) is 4.70. The second-order valence-corrected chi connectivity index (χ2v) is 9.35. The molecule has 0 aromatic heterocycles. The van der Waals surface area contributed by atoms with Gasteiger partial charge in [0, 0.05) is 29.8 Å². The maximum atomic E-state index is 13.4. The lowest BCUT2D eigenvalue weighted by Crippen LogP contribution is -2.60. The summed E-state index contributed by atoms with van der Waals surface area (Å²) in [5.74, 6) is -2.58. The van der Waals surface area contributed by atoms with Crippen molar-refractivity contribution in [1.29, 1.82) is 0 Å². The Balaban J connectivity index is 1.26. The molecular formula is C23H30F2N2O3. The molecule has 0 unspecified atom stereocenters. The third-order valence-electron chi connectivity index (χ3n) is 7.36. The van der Waals surface area contributed by atoms with Crippen molar-refractivity contribution >= 4 is 12.0 Å². The SMILES string of the molecule is O=C(NC12CCC(C(=O)NC3CCC(F)(F)CC3)(CC1)CC2)OCc1ccccc1. The number of alkyl carbamates (subject to hydrolysis) is 1. The van der Waals surface area contributed by atoms with E-state index in [1.807, 2.05) is 30.3 Å². The molecule has 0 atom stereocenters. The van der Waals surface area contributed by atoms with Crippen molar-refractivity contribution in [2.45, 2.75) is 88.3 Å². The molecule has 0 heterocycles. The molecule has 0 saturated heterocycles. The molecule has 4 aliphatic rings. The van der Waals surface area contributed by atoms with Gasteiger partial charge in [-0.1, -0.05) is 30.3 Å². The molecule has 5 nitrogen and oxygen atoms in total. The number of fused-ring (bicyclic) bond motifs is 3. The maximum absolute atomic E-state index is 13.4. The number of alkyl halides is 2. The quantitative estimate of drug-likeness (QED) is 0.726. The van der Waals surface area contributed by atoms with Crippen LogP contribution in [0.2, 0.25) is 0 Å². The predicted molar refractivity (Wildman–Crippen MR) is 108 cm³/mol. The van der Waals surface area contributed by atoms with E-state index in [9.17, 15) is 18.4 Å². The van der Waals surface area contributed by atoms with E-state index < -0.39 is 17.4 Å². The van der Waals surface area contributed by atoms with Crippen LogP contribution in [0.4, 0.5) is 13.6 Å². The summed E-state index contributed by atoms with van der Waals surface area (Å²) in [6.07, 6.45) is 4.31. The molecule has 30 heavy (non-hydrogen) atoms. The zero-order chi connectivity index (χ0) is 21.2. The van der Waals surface area contributed by atoms with Crippen molar-refractivity contribution in [2.75, 3.05) is 0 Å². The van der Waals surface area contributed by atoms with E-state index in [4.69, 9.17) is 4.74 Å². The first-order chi connectivity index (χ1) is 14.3. The Hall–Kier alpha value is -2.18. The first-order valence-corrected chi connectivity index (χ1v) is 11.0. The van der Waals surface area contributed by atoms with Gasteiger partial charge >= 0.3 is 6.09 Å². The lowest BCUT2D eigenvalue weighted by molar-refractivity contribution is -0.140. The summed E-state index contributed by atoms with van der Waals surface area (Å²) in [5, 5.41) is 6.11. The van der Waals surface area contributed by atoms with Gasteiger partial charge in [-0.3, -0.25) is 4.79 Å². The van der Waals surface area contributed by atoms with Crippen molar-refractivity contribution < 1.29 is 23.1 Å². The number of amides is 2. The van der Waals surface area contributed by atoms with Crippen molar-refractivity contribution in [2.24, 2.45) is 5.41 Å². The monoisotopic (exact) mass is 420 g/mol. The van der Waals surface area contributed by atoms with Crippen LogP contribution in [0, 0.1) is 5.41 Å². The minimum Gasteiger partial charge on any atom is -0.445 e. The van der Waals surface area contributed by atoms with Crippen molar-refractivity contribution in [3.8, 4) is 0 Å². The number of carbonyl (C=O) groups is 2. The highest BCUT2D eigenvalue weighted by atomic mass is 19.3. The number of hydrogen-bond donors (Lipinski definition) is 2. The van der Waals surface area contributed by atoms with Crippen LogP contribution in [0.3, 0.4) is 0 Å². The van der Waals surface area contributed by atoms with Gasteiger partial charge in [-0.15, -0.1) is 0 Å². The fraction of sp³-hybridized carbons (Fsp3) is 0.652. The average Bonchev–Trinajstić information content (AvgIpc) is 2.75. The topological polar surface area (TPSA) is 67.4 Å². The highest BCUT2D eigenvalue weighted by molar-refractivity contribution is 5.83. The van der Waals surface area contributed by atoms with Crippen LogP contribution in [-0.2, 0) is 16.1 Å². The molecule has 1 aromatic rings. The van der Waals surface area contributed by atoms with E-state index in [1.54, 1.807) is 0 Å². The Morgan fingerprint density at radius 1 is 0.933 bits per heavy atom. The highest BCUT2D eigenvalue weighted by Gasteiger charge is 2.53. The fourth-order valence-electron chi connectivity index (χ4n) is 5.21. The van der Waals surface area contributed by atoms with Crippen LogP contribution >= 0.6 is 0 Å². The molecule has 7 heteroatoms. The van der Waals surface area contributed by atoms with Gasteiger partial charge in [0.25, 0.3) is 0 Å². The van der Waals surface area contributed by atoms with E-state index in [-0.39, 0.29) is 36.9 Å². The number of benzene rings is 1. The van der Waals surface area contributed by atoms with Gasteiger partial charge in [0.05, 0.1) is 0 Å². The van der Waals surface area contributed by atoms with Crippen LogP contribution in [0.15, 0.2) is 30.3 Å². The summed E-state index contributed by atoms with van der Waals surface area (Å²) in [5.41, 5.74) is 0.216. The van der Waals surface area contributed by atoms with Gasteiger partial charge in [0.1, 0.15) is 6.61 Å². The van der Waals surface area contributed by atoms with Crippen LogP contribution in [0.5, 0.6) is 0 Å². The third kappa shape index (κ3) is 4.60. The van der Waals surface area contributed by atoms with Crippen molar-refractivity contribution in [1.82, 2.24) is 10.6 Å². The van der Waals surface area contributed by atoms with Crippen LogP contribution in [0.1, 0.15) is 69.8 Å². The zero-order valence-corrected chi connectivity index (χ0v) is 17.2. The Kier molecular flexibility index (Phi) is 5.73. The number of nitrogens with one attached hydrogen (secondary N) is 2. The van der Waals surface area contributed by atoms with Crippen LogP contribution in [-0.4, -0.2) is 29.5 Å². The Morgan fingerprint density at radius 2 is 1.53 bits per heavy atom. The zero-order valence-electron chi connectivity index (χ0n) is 17.2. The molecule has 2 bridgehead atoms. The maximum Gasteiger partial charge on any atom is 0.407 e. The molecule has 2 amide bonds. The second-order valence-electron chi connectivity index (χ2n) is 9.35. The van der Waals surface area contributed by atoms with Gasteiger partial charge in [-0.25, -0.2) is 13.6 Å². The van der Waals surface area contributed by atoms with E-state index >= 15 is 0 Å². The number of hydrogen-bond acceptors (Lipinski definition) is 3. The van der Waals surface area contributed by atoms with E-state index in [2.05, 4.69) is 10.6 Å². The number of ether oxygens (including phenoxy) is 1. The summed E-state index contributed by atoms with van der Waals surface area (Å²) >= 11 is 0. The Labute approximate surface area is 175 Å².